The van der Waals surface area contributed by atoms with E-state index in [0.717, 1.165) is 32.9 Å². The van der Waals surface area contributed by atoms with Crippen LogP contribution in [-0.4, -0.2) is 33.0 Å². The van der Waals surface area contributed by atoms with Crippen LogP contribution >= 0.6 is 11.3 Å². The molecule has 0 bridgehead atoms. The maximum Gasteiger partial charge on any atom is 0.365 e. The summed E-state index contributed by atoms with van der Waals surface area (Å²) in [6, 6.07) is 21.2. The lowest BCUT2D eigenvalue weighted by Crippen LogP contribution is -2.43. The Kier molecular flexibility index (Phi) is 5.31. The molecule has 0 aliphatic carbocycles. The van der Waals surface area contributed by atoms with Gasteiger partial charge >= 0.3 is 5.13 Å². The summed E-state index contributed by atoms with van der Waals surface area (Å²) in [5.74, 6) is 1.18. The summed E-state index contributed by atoms with van der Waals surface area (Å²) in [6.07, 6.45) is 0. The Morgan fingerprint density at radius 2 is 1.82 bits per heavy atom. The summed E-state index contributed by atoms with van der Waals surface area (Å²) < 4.78 is 6.38. The van der Waals surface area contributed by atoms with E-state index in [1.165, 1.54) is 12.5 Å². The van der Waals surface area contributed by atoms with E-state index in [4.69, 9.17) is 19.9 Å². The Hall–Kier alpha value is -4.11. The first-order valence-electron chi connectivity index (χ1n) is 10.3. The molecular weight excluding hydrogens is 436 g/mol. The Labute approximate surface area is 194 Å². The van der Waals surface area contributed by atoms with Crippen LogP contribution in [0, 0.1) is 6.92 Å². The molecule has 33 heavy (non-hydrogen) atoms. The molecule has 0 aliphatic rings. The molecule has 0 saturated heterocycles. The highest BCUT2D eigenvalue weighted by Crippen LogP contribution is 2.24. The van der Waals surface area contributed by atoms with Crippen LogP contribution in [0.2, 0.25) is 0 Å². The fraction of sp³-hybridized carbons (Fsp3) is 0.125. The fourth-order valence-corrected chi connectivity index (χ4v) is 4.42. The monoisotopic (exact) mass is 457 g/mol. The van der Waals surface area contributed by atoms with Gasteiger partial charge in [0.1, 0.15) is 11.4 Å². The standard InChI is InChI=1S/C24H20N6O2S/c1-15-4-13-21-22(14-15)33-24(26-21)30-28-23(17-5-7-18(8-6-17)25-16(2)31)27-29(30)19-9-11-20(32-3)12-10-19/h4-14H,1-3H3/p+1. The van der Waals surface area contributed by atoms with E-state index in [1.807, 2.05) is 60.7 Å². The second kappa shape index (κ2) is 8.44. The minimum Gasteiger partial charge on any atom is -0.497 e. The van der Waals surface area contributed by atoms with Gasteiger partial charge in [-0.25, -0.2) is 0 Å². The minimum atomic E-state index is -0.117. The van der Waals surface area contributed by atoms with Crippen LogP contribution in [0.25, 0.3) is 32.4 Å². The zero-order chi connectivity index (χ0) is 22.9. The number of aryl methyl sites for hydroxylation is 1. The highest BCUT2D eigenvalue weighted by Gasteiger charge is 2.24. The zero-order valence-corrected chi connectivity index (χ0v) is 19.1. The average Bonchev–Trinajstić information content (AvgIpc) is 3.43. The number of thiazole rings is 1. The first kappa shape index (κ1) is 20.8. The minimum absolute atomic E-state index is 0.117. The van der Waals surface area contributed by atoms with Crippen LogP contribution in [0.1, 0.15) is 12.5 Å². The third-order valence-electron chi connectivity index (χ3n) is 5.03. The molecule has 0 spiro atoms. The van der Waals surface area contributed by atoms with Crippen molar-refractivity contribution in [2.75, 3.05) is 12.4 Å². The van der Waals surface area contributed by atoms with E-state index in [2.05, 4.69) is 18.3 Å². The number of amides is 1. The summed E-state index contributed by atoms with van der Waals surface area (Å²) in [7, 11) is 1.64. The van der Waals surface area contributed by atoms with Gasteiger partial charge in [-0.05, 0) is 87.8 Å². The lowest BCUT2D eigenvalue weighted by Gasteiger charge is -2.01. The predicted octanol–water partition coefficient (Wildman–Crippen LogP) is 4.10. The van der Waals surface area contributed by atoms with Gasteiger partial charge < -0.3 is 10.1 Å². The van der Waals surface area contributed by atoms with Gasteiger partial charge in [0.2, 0.25) is 5.91 Å². The molecule has 0 saturated carbocycles. The number of aromatic nitrogens is 5. The number of rotatable bonds is 5. The van der Waals surface area contributed by atoms with Gasteiger partial charge in [-0.15, -0.1) is 0 Å². The van der Waals surface area contributed by atoms with Crippen molar-refractivity contribution in [3.8, 4) is 28.0 Å². The fourth-order valence-electron chi connectivity index (χ4n) is 3.42. The summed E-state index contributed by atoms with van der Waals surface area (Å²) in [5.41, 5.74) is 4.45. The summed E-state index contributed by atoms with van der Waals surface area (Å²) in [4.78, 5) is 19.5. The topological polar surface area (TPSA) is 85.8 Å². The Balaban J connectivity index is 1.62. The maximum absolute atomic E-state index is 11.3. The van der Waals surface area contributed by atoms with Gasteiger partial charge in [0, 0.05) is 23.3 Å². The zero-order valence-electron chi connectivity index (χ0n) is 18.3. The lowest BCUT2D eigenvalue weighted by atomic mass is 10.2. The van der Waals surface area contributed by atoms with Crippen LogP contribution in [0.5, 0.6) is 5.75 Å². The highest BCUT2D eigenvalue weighted by molar-refractivity contribution is 7.20. The van der Waals surface area contributed by atoms with Gasteiger partial charge in [0.25, 0.3) is 5.82 Å². The Morgan fingerprint density at radius 1 is 1.06 bits per heavy atom. The number of fused-ring (bicyclic) bond motifs is 1. The molecule has 2 heterocycles. The molecule has 8 nitrogen and oxygen atoms in total. The van der Waals surface area contributed by atoms with Crippen molar-refractivity contribution in [1.29, 1.82) is 0 Å². The first-order chi connectivity index (χ1) is 16.0. The number of hydrogen-bond donors (Lipinski definition) is 1. The summed E-state index contributed by atoms with van der Waals surface area (Å²) in [5, 5.41) is 13.0. The van der Waals surface area contributed by atoms with Crippen molar-refractivity contribution in [2.45, 2.75) is 13.8 Å². The third-order valence-corrected chi connectivity index (χ3v) is 6.01. The van der Waals surface area contributed by atoms with E-state index in [1.54, 1.807) is 28.0 Å². The van der Waals surface area contributed by atoms with Crippen molar-refractivity contribution in [2.24, 2.45) is 0 Å². The van der Waals surface area contributed by atoms with Crippen molar-refractivity contribution >= 4 is 33.1 Å². The molecule has 0 unspecified atom stereocenters. The third kappa shape index (κ3) is 4.18. The molecule has 1 amide bonds. The number of carbonyl (C=O) groups is 1. The van der Waals surface area contributed by atoms with Crippen LogP contribution in [-0.2, 0) is 4.79 Å². The van der Waals surface area contributed by atoms with E-state index in [9.17, 15) is 4.79 Å². The number of ether oxygens (including phenoxy) is 1. The molecule has 3 aromatic carbocycles. The smallest absolute Gasteiger partial charge is 0.365 e. The van der Waals surface area contributed by atoms with E-state index in [-0.39, 0.29) is 5.91 Å². The van der Waals surface area contributed by atoms with Crippen LogP contribution in [0.4, 0.5) is 5.69 Å². The van der Waals surface area contributed by atoms with Crippen molar-refractivity contribution in [1.82, 2.24) is 20.0 Å². The number of methoxy groups -OCH3 is 1. The lowest BCUT2D eigenvalue weighted by molar-refractivity contribution is -0.734. The molecule has 1 N–H and O–H groups in total. The van der Waals surface area contributed by atoms with Gasteiger partial charge in [-0.3, -0.25) is 4.79 Å². The van der Waals surface area contributed by atoms with E-state index < -0.39 is 0 Å². The second-order valence-corrected chi connectivity index (χ2v) is 8.54. The quantitative estimate of drug-likeness (QED) is 0.402. The summed E-state index contributed by atoms with van der Waals surface area (Å²) in [6.45, 7) is 3.54. The molecule has 0 radical (unpaired) electrons. The number of hydrogen-bond acceptors (Lipinski definition) is 6. The molecule has 5 aromatic rings. The number of tetrazole rings is 1. The SMILES string of the molecule is COc1ccc(-n2nc(-c3ccc(NC(C)=O)cc3)n[n+]2-c2nc3ccc(C)cc3s2)cc1. The molecule has 9 heteroatoms. The number of benzene rings is 3. The summed E-state index contributed by atoms with van der Waals surface area (Å²) >= 11 is 1.56. The highest BCUT2D eigenvalue weighted by atomic mass is 32.1. The van der Waals surface area contributed by atoms with Gasteiger partial charge in [0.15, 0.2) is 5.52 Å². The molecular formula is C24H21N6O2S+. The number of carbonyl (C=O) groups excluding carboxylic acids is 1. The molecule has 5 rings (SSSR count). The largest absolute Gasteiger partial charge is 0.497 e. The van der Waals surface area contributed by atoms with Gasteiger partial charge in [-0.1, -0.05) is 22.4 Å². The van der Waals surface area contributed by atoms with Gasteiger partial charge in [0.05, 0.1) is 11.8 Å². The number of nitrogens with one attached hydrogen (secondary N) is 1. The van der Waals surface area contributed by atoms with E-state index in [0.29, 0.717) is 11.0 Å². The van der Waals surface area contributed by atoms with Crippen LogP contribution in [0.3, 0.4) is 0 Å². The van der Waals surface area contributed by atoms with Crippen molar-refractivity contribution in [3.05, 3.63) is 72.3 Å². The maximum atomic E-state index is 11.3. The molecule has 0 fully saturated rings. The molecule has 0 atom stereocenters. The Morgan fingerprint density at radius 3 is 2.52 bits per heavy atom. The molecule has 0 aliphatic heterocycles. The predicted molar refractivity (Wildman–Crippen MR) is 127 cm³/mol. The van der Waals surface area contributed by atoms with Crippen LogP contribution in [0.15, 0.2) is 66.7 Å². The average molecular weight is 458 g/mol. The van der Waals surface area contributed by atoms with Crippen molar-refractivity contribution in [3.63, 3.8) is 0 Å². The Bertz CT molecular complexity index is 1460. The van der Waals surface area contributed by atoms with Crippen LogP contribution < -0.4 is 14.9 Å². The number of nitrogens with zero attached hydrogens (tertiary/aromatic N) is 5. The first-order valence-corrected chi connectivity index (χ1v) is 11.1. The van der Waals surface area contributed by atoms with E-state index >= 15 is 0 Å². The van der Waals surface area contributed by atoms with Crippen molar-refractivity contribution < 1.29 is 14.3 Å². The normalized spacial score (nSPS) is 11.0. The molecule has 164 valence electrons. The van der Waals surface area contributed by atoms with Gasteiger partial charge in [-0.2, -0.15) is 0 Å². The number of anilines is 1. The second-order valence-electron chi connectivity index (χ2n) is 7.53. The molecule has 2 aromatic heterocycles.